The largest absolute Gasteiger partial charge is 0.313 e. The highest BCUT2D eigenvalue weighted by Crippen LogP contribution is 2.39. The van der Waals surface area contributed by atoms with E-state index in [1.165, 1.54) is 5.56 Å². The molecule has 0 radical (unpaired) electrons. The van der Waals surface area contributed by atoms with E-state index in [2.05, 4.69) is 83.8 Å². The summed E-state index contributed by atoms with van der Waals surface area (Å²) in [6.07, 6.45) is 4.13. The van der Waals surface area contributed by atoms with Gasteiger partial charge < -0.3 is 4.67 Å². The van der Waals surface area contributed by atoms with Gasteiger partial charge in [0, 0.05) is 49.1 Å². The van der Waals surface area contributed by atoms with Gasteiger partial charge in [-0.15, -0.1) is 12.2 Å². The zero-order valence-corrected chi connectivity index (χ0v) is 17.4. The molecule has 142 valence electrons. The molecule has 2 nitrogen and oxygen atoms in total. The number of aryl methyl sites for hydroxylation is 1. The quantitative estimate of drug-likeness (QED) is 0.281. The van der Waals surface area contributed by atoms with Crippen molar-refractivity contribution in [3.05, 3.63) is 96.8 Å². The highest BCUT2D eigenvalue weighted by molar-refractivity contribution is 8.38. The number of rotatable bonds is 5. The van der Waals surface area contributed by atoms with Crippen molar-refractivity contribution in [1.82, 2.24) is 0 Å². The van der Waals surface area contributed by atoms with Crippen molar-refractivity contribution >= 4 is 31.6 Å². The number of benzene rings is 2. The van der Waals surface area contributed by atoms with E-state index in [1.54, 1.807) is 0 Å². The summed E-state index contributed by atoms with van der Waals surface area (Å²) in [6, 6.07) is 22.8. The van der Waals surface area contributed by atoms with E-state index in [0.29, 0.717) is 7.93 Å². The Morgan fingerprint density at radius 1 is 0.926 bits per heavy atom. The maximum absolute atomic E-state index is 4.53. The first-order valence-corrected chi connectivity index (χ1v) is 11.0. The number of para-hydroxylation sites is 2. The zero-order chi connectivity index (χ0) is 18.9. The van der Waals surface area contributed by atoms with Gasteiger partial charge in [0.05, 0.1) is 0 Å². The van der Waals surface area contributed by atoms with Gasteiger partial charge in [-0.3, -0.25) is 0 Å². The van der Waals surface area contributed by atoms with Gasteiger partial charge in [0.15, 0.2) is 12.4 Å². The minimum absolute atomic E-state index is 0. The van der Waals surface area contributed by atoms with Crippen LogP contribution < -0.4 is 9.24 Å². The molecule has 1 heterocycles. The fraction of sp³-hybridized carbons (Fsp3) is 0.174. The number of aromatic nitrogens is 1. The van der Waals surface area contributed by atoms with Gasteiger partial charge in [-0.05, 0) is 18.6 Å². The van der Waals surface area contributed by atoms with Crippen molar-refractivity contribution in [2.24, 2.45) is 0 Å². The van der Waals surface area contributed by atoms with Crippen molar-refractivity contribution in [1.29, 1.82) is 0 Å². The number of nitrogens with zero attached hydrogens (tertiary/aromatic N) is 2. The third kappa shape index (κ3) is 5.69. The predicted octanol–water partition coefficient (Wildman–Crippen LogP) is 6.85. The molecule has 2 aromatic carbocycles. The molecule has 3 aromatic rings. The van der Waals surface area contributed by atoms with E-state index in [-0.39, 0.29) is 7.43 Å². The Morgan fingerprint density at radius 3 is 2.04 bits per heavy atom. The van der Waals surface area contributed by atoms with Gasteiger partial charge in [0.2, 0.25) is 5.69 Å². The molecule has 27 heavy (non-hydrogen) atoms. The molecule has 0 spiro atoms. The molecule has 0 N–H and O–H groups in total. The van der Waals surface area contributed by atoms with Gasteiger partial charge in [-0.25, -0.2) is 0 Å². The lowest BCUT2D eigenvalue weighted by atomic mass is 10.1. The normalized spacial score (nSPS) is 9.93. The predicted molar refractivity (Wildman–Crippen MR) is 126 cm³/mol. The Hall–Kier alpha value is -2.09. The van der Waals surface area contributed by atoms with Crippen LogP contribution in [0.2, 0.25) is 0 Å². The van der Waals surface area contributed by atoms with Crippen LogP contribution in [0.1, 0.15) is 32.4 Å². The number of hydrogen-bond donors (Lipinski definition) is 1. The van der Waals surface area contributed by atoms with E-state index in [1.807, 2.05) is 44.2 Å². The Balaban J connectivity index is 0.00000118. The fourth-order valence-corrected chi connectivity index (χ4v) is 3.89. The molecule has 0 amide bonds. The van der Waals surface area contributed by atoms with Crippen molar-refractivity contribution in [3.63, 3.8) is 0 Å². The summed E-state index contributed by atoms with van der Waals surface area (Å²) < 4.78 is 4.25. The van der Waals surface area contributed by atoms with E-state index in [9.17, 15) is 0 Å². The van der Waals surface area contributed by atoms with Crippen LogP contribution in [0.5, 0.6) is 0 Å². The average Bonchev–Trinajstić information content (AvgIpc) is 2.72. The minimum atomic E-state index is 0. The van der Waals surface area contributed by atoms with Crippen LogP contribution in [-0.2, 0) is 0 Å². The van der Waals surface area contributed by atoms with Crippen LogP contribution in [-0.4, -0.2) is 0 Å². The summed E-state index contributed by atoms with van der Waals surface area (Å²) in [7, 11) is 0.320. The lowest BCUT2D eigenvalue weighted by Crippen LogP contribution is -2.29. The Labute approximate surface area is 171 Å². The molecule has 0 aliphatic heterocycles. The lowest BCUT2D eigenvalue weighted by molar-refractivity contribution is -0.595. The topological polar surface area (TPSA) is 7.12 Å². The standard InChI is InChI=1S/C20H20N2PS.C2H6.CH4/c1-16-8-6-7-11-20(16)22(23-24)17(2)18-12-14-21(15-13-18)19-9-4-3-5-10-19;1-2;/h3-15,23-24H,2H2,1H3;1-2H3;1H4/q+1;;. The first kappa shape index (κ1) is 23.0. The van der Waals surface area contributed by atoms with Crippen molar-refractivity contribution < 1.29 is 4.57 Å². The third-order valence-corrected chi connectivity index (χ3v) is 5.25. The van der Waals surface area contributed by atoms with Crippen LogP contribution >= 0.6 is 20.2 Å². The molecule has 4 heteroatoms. The minimum Gasteiger partial charge on any atom is -0.313 e. The van der Waals surface area contributed by atoms with E-state index in [0.717, 1.165) is 22.6 Å². The molecule has 3 rings (SSSR count). The van der Waals surface area contributed by atoms with Gasteiger partial charge in [-0.1, -0.05) is 64.3 Å². The van der Waals surface area contributed by atoms with Crippen LogP contribution in [0.4, 0.5) is 5.69 Å². The fourth-order valence-electron chi connectivity index (χ4n) is 2.59. The second-order valence-electron chi connectivity index (χ2n) is 5.50. The van der Waals surface area contributed by atoms with Crippen molar-refractivity contribution in [2.75, 3.05) is 4.67 Å². The highest BCUT2D eigenvalue weighted by Gasteiger charge is 2.14. The number of hydrogen-bond acceptors (Lipinski definition) is 2. The molecule has 0 bridgehead atoms. The maximum Gasteiger partial charge on any atom is 0.210 e. The van der Waals surface area contributed by atoms with Gasteiger partial charge in [0.1, 0.15) is 0 Å². The molecule has 0 saturated carbocycles. The van der Waals surface area contributed by atoms with E-state index < -0.39 is 0 Å². The summed E-state index contributed by atoms with van der Waals surface area (Å²) >= 11 is 4.53. The van der Waals surface area contributed by atoms with Gasteiger partial charge >= 0.3 is 0 Å². The third-order valence-electron chi connectivity index (χ3n) is 3.94. The number of pyridine rings is 1. The van der Waals surface area contributed by atoms with Crippen molar-refractivity contribution in [3.8, 4) is 5.69 Å². The molecule has 0 fully saturated rings. The number of thiol groups is 1. The van der Waals surface area contributed by atoms with Gasteiger partial charge in [0.25, 0.3) is 0 Å². The Morgan fingerprint density at radius 2 is 1.48 bits per heavy atom. The summed E-state index contributed by atoms with van der Waals surface area (Å²) in [5, 5.41) is 0. The molecular formula is C23H30N2PS+. The van der Waals surface area contributed by atoms with Crippen LogP contribution in [0, 0.1) is 6.92 Å². The zero-order valence-electron chi connectivity index (χ0n) is 15.6. The summed E-state index contributed by atoms with van der Waals surface area (Å²) in [5.74, 6) is 0. The first-order valence-electron chi connectivity index (χ1n) is 8.72. The van der Waals surface area contributed by atoms with Crippen LogP contribution in [0.15, 0.2) is 85.7 Å². The summed E-state index contributed by atoms with van der Waals surface area (Å²) in [5.41, 5.74) is 5.55. The van der Waals surface area contributed by atoms with Crippen LogP contribution in [0.3, 0.4) is 0 Å². The Bertz CT molecular complexity index is 833. The van der Waals surface area contributed by atoms with Crippen LogP contribution in [0.25, 0.3) is 11.4 Å². The first-order chi connectivity index (χ1) is 12.7. The molecule has 1 unspecified atom stereocenters. The smallest absolute Gasteiger partial charge is 0.210 e. The van der Waals surface area contributed by atoms with E-state index >= 15 is 0 Å². The molecular weight excluding hydrogens is 367 g/mol. The number of anilines is 1. The lowest BCUT2D eigenvalue weighted by Gasteiger charge is -2.25. The SMILES string of the molecule is C.C=C(c1cc[n+](-c2ccccc2)cc1)N(PS)c1ccccc1C.CC. The average molecular weight is 398 g/mol. The second kappa shape index (κ2) is 11.6. The maximum atomic E-state index is 4.53. The highest BCUT2D eigenvalue weighted by atomic mass is 32.7. The molecule has 1 atom stereocenters. The summed E-state index contributed by atoms with van der Waals surface area (Å²) in [6.45, 7) is 10.4. The second-order valence-corrected chi connectivity index (χ2v) is 6.75. The molecule has 1 aromatic heterocycles. The van der Waals surface area contributed by atoms with Gasteiger partial charge in [-0.2, -0.15) is 4.57 Å². The van der Waals surface area contributed by atoms with Crippen molar-refractivity contribution in [2.45, 2.75) is 28.2 Å². The summed E-state index contributed by atoms with van der Waals surface area (Å²) in [4.78, 5) is 0. The monoisotopic (exact) mass is 397 g/mol. The molecule has 0 aliphatic carbocycles. The molecule has 0 saturated heterocycles. The molecule has 0 aliphatic rings. The van der Waals surface area contributed by atoms with E-state index in [4.69, 9.17) is 0 Å². The Kier molecular flexibility index (Phi) is 9.85.